The van der Waals surface area contributed by atoms with E-state index in [2.05, 4.69) is 44.1 Å². The summed E-state index contributed by atoms with van der Waals surface area (Å²) < 4.78 is 1.94. The van der Waals surface area contributed by atoms with Gasteiger partial charge < -0.3 is 5.73 Å². The van der Waals surface area contributed by atoms with E-state index in [1.54, 1.807) is 6.20 Å². The van der Waals surface area contributed by atoms with Crippen LogP contribution in [0.2, 0.25) is 0 Å². The maximum atomic E-state index is 6.30. The highest BCUT2D eigenvalue weighted by molar-refractivity contribution is 5.34. The molecule has 90 valence electrons. The molecule has 1 aromatic carbocycles. The molecular weight excluding hydrogens is 210 g/mol. The number of rotatable bonds is 3. The van der Waals surface area contributed by atoms with Crippen LogP contribution < -0.4 is 5.73 Å². The zero-order chi connectivity index (χ0) is 12.4. The molecule has 0 radical (unpaired) electrons. The van der Waals surface area contributed by atoms with Gasteiger partial charge in [0.2, 0.25) is 0 Å². The fourth-order valence-electron chi connectivity index (χ4n) is 2.00. The summed E-state index contributed by atoms with van der Waals surface area (Å²) in [5, 5.41) is 4.26. The molecule has 3 nitrogen and oxygen atoms in total. The summed E-state index contributed by atoms with van der Waals surface area (Å²) in [7, 11) is 0. The van der Waals surface area contributed by atoms with Gasteiger partial charge in [0.05, 0.1) is 11.7 Å². The molecule has 1 unspecified atom stereocenters. The Morgan fingerprint density at radius 1 is 1.24 bits per heavy atom. The lowest BCUT2D eigenvalue weighted by atomic mass is 9.99. The Labute approximate surface area is 102 Å². The van der Waals surface area contributed by atoms with Gasteiger partial charge in [-0.2, -0.15) is 5.10 Å². The van der Waals surface area contributed by atoms with Gasteiger partial charge in [-0.25, -0.2) is 0 Å². The molecule has 0 aliphatic carbocycles. The highest BCUT2D eigenvalue weighted by atomic mass is 15.3. The predicted molar refractivity (Wildman–Crippen MR) is 69.8 cm³/mol. The Balaban J connectivity index is 2.36. The van der Waals surface area contributed by atoms with Crippen molar-refractivity contribution < 1.29 is 0 Å². The highest BCUT2D eigenvalue weighted by Crippen LogP contribution is 2.21. The molecular formula is C14H19N3. The molecule has 1 atom stereocenters. The van der Waals surface area contributed by atoms with E-state index in [4.69, 9.17) is 5.73 Å². The molecule has 0 aliphatic rings. The van der Waals surface area contributed by atoms with Crippen molar-refractivity contribution in [2.24, 2.45) is 5.73 Å². The lowest BCUT2D eigenvalue weighted by Crippen LogP contribution is -2.17. The topological polar surface area (TPSA) is 43.8 Å². The normalized spacial score (nSPS) is 12.7. The van der Waals surface area contributed by atoms with Gasteiger partial charge >= 0.3 is 0 Å². The summed E-state index contributed by atoms with van der Waals surface area (Å²) in [5.74, 6) is 0. The van der Waals surface area contributed by atoms with E-state index in [-0.39, 0.29) is 6.04 Å². The monoisotopic (exact) mass is 229 g/mol. The minimum Gasteiger partial charge on any atom is -0.319 e. The number of nitrogens with zero attached hydrogens (tertiary/aromatic N) is 2. The smallest absolute Gasteiger partial charge is 0.0723 e. The number of hydrogen-bond acceptors (Lipinski definition) is 2. The van der Waals surface area contributed by atoms with E-state index in [1.807, 2.05) is 10.7 Å². The van der Waals surface area contributed by atoms with Crippen molar-refractivity contribution in [2.75, 3.05) is 0 Å². The molecule has 1 heterocycles. The number of aromatic nitrogens is 2. The molecule has 0 bridgehead atoms. The van der Waals surface area contributed by atoms with Crippen LogP contribution in [0.15, 0.2) is 30.5 Å². The standard InChI is InChI=1S/C14H19N3/c1-4-17-13(7-8-16-17)14(15)12-6-5-10(2)11(3)9-12/h5-9,14H,4,15H2,1-3H3. The largest absolute Gasteiger partial charge is 0.319 e. The maximum absolute atomic E-state index is 6.30. The zero-order valence-corrected chi connectivity index (χ0v) is 10.6. The highest BCUT2D eigenvalue weighted by Gasteiger charge is 2.13. The van der Waals surface area contributed by atoms with Gasteiger partial charge in [0, 0.05) is 12.7 Å². The minimum absolute atomic E-state index is 0.100. The Bertz CT molecular complexity index is 514. The third-order valence-electron chi connectivity index (χ3n) is 3.26. The van der Waals surface area contributed by atoms with Crippen LogP contribution >= 0.6 is 0 Å². The van der Waals surface area contributed by atoms with Crippen molar-refractivity contribution in [3.63, 3.8) is 0 Å². The van der Waals surface area contributed by atoms with Crippen LogP contribution in [-0.4, -0.2) is 9.78 Å². The molecule has 0 fully saturated rings. The third-order valence-corrected chi connectivity index (χ3v) is 3.26. The van der Waals surface area contributed by atoms with Gasteiger partial charge in [-0.1, -0.05) is 18.2 Å². The van der Waals surface area contributed by atoms with E-state index in [1.165, 1.54) is 11.1 Å². The SMILES string of the molecule is CCn1nccc1C(N)c1ccc(C)c(C)c1. The van der Waals surface area contributed by atoms with Crippen molar-refractivity contribution in [2.45, 2.75) is 33.4 Å². The van der Waals surface area contributed by atoms with E-state index < -0.39 is 0 Å². The fraction of sp³-hybridized carbons (Fsp3) is 0.357. The first kappa shape index (κ1) is 11.9. The van der Waals surface area contributed by atoms with Gasteiger partial charge in [-0.15, -0.1) is 0 Å². The number of aryl methyl sites for hydroxylation is 3. The summed E-state index contributed by atoms with van der Waals surface area (Å²) in [5.41, 5.74) is 11.1. The van der Waals surface area contributed by atoms with Gasteiger partial charge in [0.1, 0.15) is 0 Å². The Hall–Kier alpha value is -1.61. The molecule has 2 rings (SSSR count). The van der Waals surface area contributed by atoms with Crippen molar-refractivity contribution >= 4 is 0 Å². The quantitative estimate of drug-likeness (QED) is 0.879. The first-order valence-electron chi connectivity index (χ1n) is 5.98. The van der Waals surface area contributed by atoms with E-state index in [0.717, 1.165) is 17.8 Å². The van der Waals surface area contributed by atoms with Gasteiger partial charge in [-0.05, 0) is 43.5 Å². The molecule has 0 aliphatic heterocycles. The molecule has 1 aromatic heterocycles. The molecule has 17 heavy (non-hydrogen) atoms. The molecule has 0 saturated carbocycles. The van der Waals surface area contributed by atoms with Crippen molar-refractivity contribution in [1.29, 1.82) is 0 Å². The van der Waals surface area contributed by atoms with Crippen LogP contribution in [0.5, 0.6) is 0 Å². The molecule has 0 amide bonds. The van der Waals surface area contributed by atoms with Crippen molar-refractivity contribution in [3.8, 4) is 0 Å². The van der Waals surface area contributed by atoms with Crippen molar-refractivity contribution in [1.82, 2.24) is 9.78 Å². The van der Waals surface area contributed by atoms with Crippen LogP contribution in [0.1, 0.15) is 35.3 Å². The fourth-order valence-corrected chi connectivity index (χ4v) is 2.00. The average Bonchev–Trinajstić information content (AvgIpc) is 2.80. The van der Waals surface area contributed by atoms with Crippen molar-refractivity contribution in [3.05, 3.63) is 52.8 Å². The lowest BCUT2D eigenvalue weighted by Gasteiger charge is -2.15. The lowest BCUT2D eigenvalue weighted by molar-refractivity contribution is 0.600. The molecule has 3 heteroatoms. The second-order valence-electron chi connectivity index (χ2n) is 4.39. The van der Waals surface area contributed by atoms with E-state index >= 15 is 0 Å². The first-order chi connectivity index (χ1) is 8.13. The maximum Gasteiger partial charge on any atom is 0.0723 e. The molecule has 2 aromatic rings. The Kier molecular flexibility index (Phi) is 3.29. The average molecular weight is 229 g/mol. The summed E-state index contributed by atoms with van der Waals surface area (Å²) in [6.07, 6.45) is 1.81. The van der Waals surface area contributed by atoms with Gasteiger partial charge in [0.25, 0.3) is 0 Å². The Morgan fingerprint density at radius 3 is 2.65 bits per heavy atom. The minimum atomic E-state index is -0.100. The molecule has 0 spiro atoms. The summed E-state index contributed by atoms with van der Waals surface area (Å²) in [4.78, 5) is 0. The Morgan fingerprint density at radius 2 is 2.00 bits per heavy atom. The van der Waals surface area contributed by atoms with Crippen LogP contribution in [-0.2, 0) is 6.54 Å². The summed E-state index contributed by atoms with van der Waals surface area (Å²) in [6.45, 7) is 7.15. The number of hydrogen-bond donors (Lipinski definition) is 1. The number of nitrogens with two attached hydrogens (primary N) is 1. The predicted octanol–water partition coefficient (Wildman–Crippen LogP) is 2.57. The summed E-state index contributed by atoms with van der Waals surface area (Å²) >= 11 is 0. The third kappa shape index (κ3) is 2.24. The van der Waals surface area contributed by atoms with Crippen LogP contribution in [0.3, 0.4) is 0 Å². The second kappa shape index (κ2) is 4.72. The first-order valence-corrected chi connectivity index (χ1v) is 5.98. The van der Waals surface area contributed by atoms with E-state index in [9.17, 15) is 0 Å². The molecule has 2 N–H and O–H groups in total. The number of benzene rings is 1. The zero-order valence-electron chi connectivity index (χ0n) is 10.6. The van der Waals surface area contributed by atoms with E-state index in [0.29, 0.717) is 0 Å². The van der Waals surface area contributed by atoms with Gasteiger partial charge in [0.15, 0.2) is 0 Å². The summed E-state index contributed by atoms with van der Waals surface area (Å²) in [6, 6.07) is 8.27. The second-order valence-corrected chi connectivity index (χ2v) is 4.39. The van der Waals surface area contributed by atoms with Crippen LogP contribution in [0.4, 0.5) is 0 Å². The van der Waals surface area contributed by atoms with Crippen LogP contribution in [0, 0.1) is 13.8 Å². The molecule has 0 saturated heterocycles. The van der Waals surface area contributed by atoms with Crippen LogP contribution in [0.25, 0.3) is 0 Å². The van der Waals surface area contributed by atoms with Gasteiger partial charge in [-0.3, -0.25) is 4.68 Å².